The highest BCUT2D eigenvalue weighted by Gasteiger charge is 2.70. The van der Waals surface area contributed by atoms with Crippen molar-refractivity contribution in [2.75, 3.05) is 12.4 Å². The van der Waals surface area contributed by atoms with E-state index in [0.717, 1.165) is 27.9 Å². The molecular formula is C26H29N3O4. The molecule has 7 heteroatoms. The van der Waals surface area contributed by atoms with Crippen LogP contribution in [0.5, 0.6) is 5.75 Å². The van der Waals surface area contributed by atoms with Gasteiger partial charge in [0.25, 0.3) is 0 Å². The quantitative estimate of drug-likeness (QED) is 0.704. The third-order valence-electron chi connectivity index (χ3n) is 7.67. The fourth-order valence-corrected chi connectivity index (χ4v) is 5.75. The van der Waals surface area contributed by atoms with E-state index in [-0.39, 0.29) is 36.2 Å². The van der Waals surface area contributed by atoms with Gasteiger partial charge in [-0.15, -0.1) is 0 Å². The topological polar surface area (TPSA) is 87.7 Å². The Morgan fingerprint density at radius 2 is 1.73 bits per heavy atom. The van der Waals surface area contributed by atoms with Crippen molar-refractivity contribution >= 4 is 23.4 Å². The Bertz CT molecular complexity index is 1170. The van der Waals surface area contributed by atoms with Gasteiger partial charge < -0.3 is 10.1 Å². The molecule has 0 bridgehead atoms. The molecule has 2 fully saturated rings. The average molecular weight is 448 g/mol. The summed E-state index contributed by atoms with van der Waals surface area (Å²) in [6.45, 7) is 8.18. The number of hydrogen-bond donors (Lipinski definition) is 2. The molecule has 0 radical (unpaired) electrons. The zero-order valence-electron chi connectivity index (χ0n) is 19.6. The van der Waals surface area contributed by atoms with Crippen LogP contribution in [0, 0.1) is 31.6 Å². The summed E-state index contributed by atoms with van der Waals surface area (Å²) >= 11 is 0. The van der Waals surface area contributed by atoms with Crippen molar-refractivity contribution in [3.8, 4) is 5.75 Å². The predicted molar refractivity (Wildman–Crippen MR) is 124 cm³/mol. The second-order valence-electron chi connectivity index (χ2n) is 9.72. The second kappa shape index (κ2) is 7.42. The van der Waals surface area contributed by atoms with Crippen molar-refractivity contribution in [2.45, 2.75) is 45.8 Å². The van der Waals surface area contributed by atoms with E-state index >= 15 is 0 Å². The molecule has 2 N–H and O–H groups in total. The molecule has 0 unspecified atom stereocenters. The molecule has 1 spiro atoms. The van der Waals surface area contributed by atoms with Crippen LogP contribution in [-0.2, 0) is 26.5 Å². The first-order valence-electron chi connectivity index (χ1n) is 11.4. The zero-order chi connectivity index (χ0) is 23.7. The van der Waals surface area contributed by atoms with E-state index in [9.17, 15) is 14.4 Å². The van der Waals surface area contributed by atoms with Gasteiger partial charge in [0.1, 0.15) is 11.3 Å². The highest BCUT2D eigenvalue weighted by molar-refractivity contribution is 6.15. The van der Waals surface area contributed by atoms with Crippen LogP contribution in [-0.4, -0.2) is 35.8 Å². The number of hydrogen-bond acceptors (Lipinski definition) is 5. The molecule has 2 aromatic rings. The fraction of sp³-hybridized carbons (Fsp3) is 0.423. The number of nitrogens with zero attached hydrogens (tertiary/aromatic N) is 1. The van der Waals surface area contributed by atoms with Crippen molar-refractivity contribution in [1.82, 2.24) is 10.2 Å². The van der Waals surface area contributed by atoms with Gasteiger partial charge in [0.2, 0.25) is 17.7 Å². The Morgan fingerprint density at radius 3 is 2.36 bits per heavy atom. The summed E-state index contributed by atoms with van der Waals surface area (Å²) in [6, 6.07) is 10.9. The molecule has 5 rings (SSSR count). The van der Waals surface area contributed by atoms with Crippen LogP contribution in [0.3, 0.4) is 0 Å². The lowest BCUT2D eigenvalue weighted by Gasteiger charge is -2.30. The first kappa shape index (κ1) is 21.6. The molecule has 2 saturated heterocycles. The molecule has 3 amide bonds. The number of carbonyl (C=O) groups excluding carboxylic acids is 3. The molecule has 0 aliphatic carbocycles. The number of carbonyl (C=O) groups is 3. The molecule has 0 saturated carbocycles. The van der Waals surface area contributed by atoms with Gasteiger partial charge in [-0.25, -0.2) is 0 Å². The fourth-order valence-electron chi connectivity index (χ4n) is 5.75. The number of aryl methyl sites for hydroxylation is 1. The number of benzene rings is 2. The molecule has 7 nitrogen and oxygen atoms in total. The lowest BCUT2D eigenvalue weighted by atomic mass is 9.75. The lowest BCUT2D eigenvalue weighted by Crippen LogP contribution is -2.53. The molecule has 3 heterocycles. The van der Waals surface area contributed by atoms with Crippen molar-refractivity contribution in [1.29, 1.82) is 0 Å². The summed E-state index contributed by atoms with van der Waals surface area (Å²) in [5.74, 6) is -1.35. The number of rotatable bonds is 4. The first-order chi connectivity index (χ1) is 15.7. The summed E-state index contributed by atoms with van der Waals surface area (Å²) in [7, 11) is 1.59. The van der Waals surface area contributed by atoms with E-state index in [4.69, 9.17) is 4.74 Å². The van der Waals surface area contributed by atoms with Gasteiger partial charge in [0.15, 0.2) is 0 Å². The number of methoxy groups -OCH3 is 1. The lowest BCUT2D eigenvalue weighted by molar-refractivity contribution is -0.143. The first-order valence-corrected chi connectivity index (χ1v) is 11.4. The normalized spacial score (nSPS) is 28.0. The number of ether oxygens (including phenoxy) is 1. The monoisotopic (exact) mass is 447 g/mol. The molecule has 2 aromatic carbocycles. The van der Waals surface area contributed by atoms with Crippen LogP contribution in [0.1, 0.15) is 36.1 Å². The highest BCUT2D eigenvalue weighted by Crippen LogP contribution is 2.54. The van der Waals surface area contributed by atoms with E-state index in [0.29, 0.717) is 5.75 Å². The number of fused-ring (bicyclic) bond motifs is 4. The zero-order valence-corrected chi connectivity index (χ0v) is 19.6. The van der Waals surface area contributed by atoms with E-state index < -0.39 is 17.4 Å². The third-order valence-corrected chi connectivity index (χ3v) is 7.67. The van der Waals surface area contributed by atoms with Crippen LogP contribution in [0.25, 0.3) is 0 Å². The van der Waals surface area contributed by atoms with Gasteiger partial charge in [0.05, 0.1) is 25.5 Å². The van der Waals surface area contributed by atoms with Gasteiger partial charge in [-0.1, -0.05) is 38.1 Å². The van der Waals surface area contributed by atoms with Crippen molar-refractivity contribution in [2.24, 2.45) is 17.8 Å². The number of likely N-dealkylation sites (tertiary alicyclic amines) is 1. The summed E-state index contributed by atoms with van der Waals surface area (Å²) in [6.07, 6.45) is 0. The number of amides is 3. The SMILES string of the molecule is COc1ccc(CN2C(=O)[C@@H]3[C@@H](C(C)C)N[C@@]4(C(=O)Nc5c4ccc(C)c5C)[C@@H]3C2=O)cc1. The maximum absolute atomic E-state index is 13.8. The average Bonchev–Trinajstić information content (AvgIpc) is 3.38. The van der Waals surface area contributed by atoms with Gasteiger partial charge in [-0.2, -0.15) is 0 Å². The Morgan fingerprint density at radius 1 is 1.03 bits per heavy atom. The molecule has 3 aliphatic heterocycles. The molecule has 0 aromatic heterocycles. The predicted octanol–water partition coefficient (Wildman–Crippen LogP) is 2.89. The minimum absolute atomic E-state index is 0.0676. The smallest absolute Gasteiger partial charge is 0.250 e. The van der Waals surface area contributed by atoms with E-state index in [1.165, 1.54) is 4.90 Å². The standard InChI is InChI=1S/C26H29N3O4/c1-13(2)21-19-20(24(31)29(23(19)30)12-16-7-9-17(33-5)10-8-16)26(28-21)18-11-6-14(3)15(4)22(18)27-25(26)32/h6-11,13,19-21,28H,12H2,1-5H3,(H,27,32)/t19-,20-,21+,26+/m0/s1. The van der Waals surface area contributed by atoms with E-state index in [2.05, 4.69) is 10.6 Å². The van der Waals surface area contributed by atoms with Crippen molar-refractivity contribution < 1.29 is 19.1 Å². The summed E-state index contributed by atoms with van der Waals surface area (Å²) in [5.41, 5.74) is 3.16. The number of imide groups is 1. The van der Waals surface area contributed by atoms with Gasteiger partial charge >= 0.3 is 0 Å². The van der Waals surface area contributed by atoms with Crippen LogP contribution in [0.2, 0.25) is 0 Å². The van der Waals surface area contributed by atoms with Crippen molar-refractivity contribution in [3.05, 3.63) is 58.7 Å². The molecular weight excluding hydrogens is 418 g/mol. The Balaban J connectivity index is 1.59. The molecule has 3 aliphatic rings. The van der Waals surface area contributed by atoms with Gasteiger partial charge in [0, 0.05) is 17.3 Å². The van der Waals surface area contributed by atoms with Crippen LogP contribution < -0.4 is 15.4 Å². The number of anilines is 1. The minimum atomic E-state index is -1.24. The van der Waals surface area contributed by atoms with E-state index in [1.54, 1.807) is 7.11 Å². The van der Waals surface area contributed by atoms with Crippen LogP contribution in [0.15, 0.2) is 36.4 Å². The summed E-state index contributed by atoms with van der Waals surface area (Å²) < 4.78 is 5.21. The Hall–Kier alpha value is -3.19. The van der Waals surface area contributed by atoms with Gasteiger partial charge in [-0.3, -0.25) is 24.6 Å². The number of nitrogens with one attached hydrogen (secondary N) is 2. The summed E-state index contributed by atoms with van der Waals surface area (Å²) in [4.78, 5) is 42.3. The Labute approximate surface area is 193 Å². The minimum Gasteiger partial charge on any atom is -0.497 e. The molecule has 4 atom stereocenters. The molecule has 172 valence electrons. The highest BCUT2D eigenvalue weighted by atomic mass is 16.5. The van der Waals surface area contributed by atoms with Crippen LogP contribution in [0.4, 0.5) is 5.69 Å². The van der Waals surface area contributed by atoms with E-state index in [1.807, 2.05) is 64.1 Å². The van der Waals surface area contributed by atoms with Crippen LogP contribution >= 0.6 is 0 Å². The maximum Gasteiger partial charge on any atom is 0.250 e. The summed E-state index contributed by atoms with van der Waals surface area (Å²) in [5, 5.41) is 6.51. The maximum atomic E-state index is 13.8. The second-order valence-corrected chi connectivity index (χ2v) is 9.72. The Kier molecular flexibility index (Phi) is 4.86. The van der Waals surface area contributed by atoms with Gasteiger partial charge in [-0.05, 0) is 48.6 Å². The molecule has 33 heavy (non-hydrogen) atoms. The largest absolute Gasteiger partial charge is 0.497 e. The van der Waals surface area contributed by atoms with Crippen molar-refractivity contribution in [3.63, 3.8) is 0 Å². The third kappa shape index (κ3) is 2.88.